The van der Waals surface area contributed by atoms with E-state index in [2.05, 4.69) is 34.7 Å². The van der Waals surface area contributed by atoms with Crippen molar-refractivity contribution in [3.63, 3.8) is 0 Å². The number of unbranched alkanes of at least 4 members (excludes halogenated alkanes) is 1. The van der Waals surface area contributed by atoms with Crippen LogP contribution < -0.4 is 5.32 Å². The van der Waals surface area contributed by atoms with Gasteiger partial charge in [-0.25, -0.2) is 4.98 Å². The summed E-state index contributed by atoms with van der Waals surface area (Å²) >= 11 is 0. The molecule has 3 aromatic rings. The zero-order valence-electron chi connectivity index (χ0n) is 18.1. The molecule has 1 aliphatic rings. The molecule has 2 heterocycles. The number of amides is 1. The highest BCUT2D eigenvalue weighted by atomic mass is 16.1. The fourth-order valence-electron chi connectivity index (χ4n) is 4.16. The number of piperidine rings is 1. The molecule has 1 fully saturated rings. The van der Waals surface area contributed by atoms with E-state index in [1.54, 1.807) is 0 Å². The van der Waals surface area contributed by atoms with Crippen molar-refractivity contribution in [2.24, 2.45) is 5.92 Å². The Morgan fingerprint density at radius 1 is 1.13 bits per heavy atom. The van der Waals surface area contributed by atoms with Gasteiger partial charge in [-0.2, -0.15) is 0 Å². The van der Waals surface area contributed by atoms with Crippen molar-refractivity contribution in [2.75, 3.05) is 18.4 Å². The predicted octanol–water partition coefficient (Wildman–Crippen LogP) is 5.32. The molecule has 0 unspecified atom stereocenters. The van der Waals surface area contributed by atoms with Gasteiger partial charge in [0.25, 0.3) is 5.91 Å². The lowest BCUT2D eigenvalue weighted by atomic mass is 9.99. The van der Waals surface area contributed by atoms with Crippen molar-refractivity contribution in [3.05, 3.63) is 59.9 Å². The summed E-state index contributed by atoms with van der Waals surface area (Å²) in [5.74, 6) is 1.87. The number of carbonyl (C=O) groups excluding carboxylic acids is 1. The summed E-state index contributed by atoms with van der Waals surface area (Å²) in [6.45, 7) is 8.76. The number of hydrogen-bond acceptors (Lipinski definition) is 3. The van der Waals surface area contributed by atoms with Crippen LogP contribution in [0.4, 0.5) is 5.69 Å². The number of aromatic nitrogens is 2. The lowest BCUT2D eigenvalue weighted by molar-refractivity contribution is 0.102. The number of likely N-dealkylation sites (tertiary alicyclic amines) is 1. The Bertz CT molecular complexity index is 987. The van der Waals surface area contributed by atoms with Gasteiger partial charge in [-0.15, -0.1) is 0 Å². The molecule has 1 saturated heterocycles. The van der Waals surface area contributed by atoms with Crippen molar-refractivity contribution in [1.82, 2.24) is 14.5 Å². The second-order valence-electron chi connectivity index (χ2n) is 8.52. The number of benzene rings is 2. The number of aryl methyl sites for hydroxylation is 1. The van der Waals surface area contributed by atoms with E-state index in [9.17, 15) is 4.79 Å². The number of anilines is 1. The smallest absolute Gasteiger partial charge is 0.255 e. The molecule has 4 rings (SSSR count). The Morgan fingerprint density at radius 3 is 2.63 bits per heavy atom. The fourth-order valence-corrected chi connectivity index (χ4v) is 4.16. The molecule has 0 atom stereocenters. The minimum absolute atomic E-state index is 0.0944. The van der Waals surface area contributed by atoms with E-state index >= 15 is 0 Å². The molecule has 0 saturated carbocycles. The Labute approximate surface area is 179 Å². The molecule has 5 heteroatoms. The van der Waals surface area contributed by atoms with Gasteiger partial charge in [0.1, 0.15) is 5.82 Å². The van der Waals surface area contributed by atoms with Gasteiger partial charge in [-0.3, -0.25) is 9.69 Å². The maximum atomic E-state index is 12.5. The molecule has 0 bridgehead atoms. The van der Waals surface area contributed by atoms with E-state index in [1.807, 2.05) is 42.5 Å². The molecule has 2 aromatic carbocycles. The van der Waals surface area contributed by atoms with Crippen LogP contribution >= 0.6 is 0 Å². The zero-order valence-corrected chi connectivity index (χ0v) is 18.1. The van der Waals surface area contributed by atoms with Crippen LogP contribution in [-0.4, -0.2) is 33.4 Å². The summed E-state index contributed by atoms with van der Waals surface area (Å²) in [6, 6.07) is 15.4. The summed E-state index contributed by atoms with van der Waals surface area (Å²) in [5, 5.41) is 3.01. The minimum Gasteiger partial charge on any atom is -0.327 e. The van der Waals surface area contributed by atoms with Gasteiger partial charge < -0.3 is 9.88 Å². The van der Waals surface area contributed by atoms with Crippen molar-refractivity contribution in [2.45, 2.75) is 52.6 Å². The molecule has 1 N–H and O–H groups in total. The Morgan fingerprint density at radius 2 is 1.90 bits per heavy atom. The van der Waals surface area contributed by atoms with Gasteiger partial charge >= 0.3 is 0 Å². The summed E-state index contributed by atoms with van der Waals surface area (Å²) in [5.41, 5.74) is 3.56. The van der Waals surface area contributed by atoms with Crippen molar-refractivity contribution in [3.8, 4) is 0 Å². The first-order chi connectivity index (χ1) is 14.6. The van der Waals surface area contributed by atoms with Crippen molar-refractivity contribution in [1.29, 1.82) is 0 Å². The maximum absolute atomic E-state index is 12.5. The Kier molecular flexibility index (Phi) is 6.48. The van der Waals surface area contributed by atoms with Gasteiger partial charge in [0.15, 0.2) is 0 Å². The number of carbonyl (C=O) groups is 1. The maximum Gasteiger partial charge on any atom is 0.255 e. The molecule has 1 aromatic heterocycles. The SMILES string of the molecule is CCCCn1c(CN2CCC(C)CC2)nc2cc(NC(=O)c3ccccc3)ccc21. The molecule has 0 spiro atoms. The van der Waals surface area contributed by atoms with E-state index in [-0.39, 0.29) is 5.91 Å². The first-order valence-corrected chi connectivity index (χ1v) is 11.2. The number of hydrogen-bond donors (Lipinski definition) is 1. The average molecular weight is 405 g/mol. The largest absolute Gasteiger partial charge is 0.327 e. The fraction of sp³-hybridized carbons (Fsp3) is 0.440. The van der Waals surface area contributed by atoms with Crippen molar-refractivity contribution >= 4 is 22.6 Å². The third-order valence-electron chi connectivity index (χ3n) is 6.10. The monoisotopic (exact) mass is 404 g/mol. The normalized spacial score (nSPS) is 15.5. The molecule has 1 amide bonds. The van der Waals surface area contributed by atoms with Gasteiger partial charge in [0, 0.05) is 17.8 Å². The highest BCUT2D eigenvalue weighted by Crippen LogP contribution is 2.24. The third-order valence-corrected chi connectivity index (χ3v) is 6.10. The second kappa shape index (κ2) is 9.43. The third kappa shape index (κ3) is 4.73. The Balaban J connectivity index is 1.57. The predicted molar refractivity (Wildman–Crippen MR) is 123 cm³/mol. The molecule has 158 valence electrons. The number of nitrogens with one attached hydrogen (secondary N) is 1. The number of nitrogens with zero attached hydrogens (tertiary/aromatic N) is 3. The van der Waals surface area contributed by atoms with Gasteiger partial charge in [-0.05, 0) is 68.6 Å². The van der Waals surface area contributed by atoms with Crippen LogP contribution in [0, 0.1) is 5.92 Å². The molecule has 1 aliphatic heterocycles. The molecular weight excluding hydrogens is 372 g/mol. The van der Waals surface area contributed by atoms with Crippen LogP contribution in [0.2, 0.25) is 0 Å². The highest BCUT2D eigenvalue weighted by Gasteiger charge is 2.19. The van der Waals surface area contributed by atoms with Crippen LogP contribution in [0.1, 0.15) is 55.7 Å². The molecule has 0 radical (unpaired) electrons. The van der Waals surface area contributed by atoms with E-state index in [1.165, 1.54) is 12.8 Å². The summed E-state index contributed by atoms with van der Waals surface area (Å²) < 4.78 is 2.37. The number of imidazole rings is 1. The first-order valence-electron chi connectivity index (χ1n) is 11.2. The quantitative estimate of drug-likeness (QED) is 0.580. The summed E-state index contributed by atoms with van der Waals surface area (Å²) in [7, 11) is 0. The summed E-state index contributed by atoms with van der Waals surface area (Å²) in [4.78, 5) is 20.0. The van der Waals surface area contributed by atoms with Crippen LogP contribution in [0.5, 0.6) is 0 Å². The second-order valence-corrected chi connectivity index (χ2v) is 8.52. The topological polar surface area (TPSA) is 50.2 Å². The molecule has 5 nitrogen and oxygen atoms in total. The van der Waals surface area contributed by atoms with E-state index < -0.39 is 0 Å². The minimum atomic E-state index is -0.0944. The van der Waals surface area contributed by atoms with E-state index in [0.717, 1.165) is 67.5 Å². The van der Waals surface area contributed by atoms with Crippen LogP contribution in [0.15, 0.2) is 48.5 Å². The number of rotatable bonds is 7. The molecule has 30 heavy (non-hydrogen) atoms. The van der Waals surface area contributed by atoms with Gasteiger partial charge in [-0.1, -0.05) is 38.5 Å². The molecule has 0 aliphatic carbocycles. The molecular formula is C25H32N4O. The highest BCUT2D eigenvalue weighted by molar-refractivity contribution is 6.04. The number of fused-ring (bicyclic) bond motifs is 1. The van der Waals surface area contributed by atoms with E-state index in [0.29, 0.717) is 5.56 Å². The van der Waals surface area contributed by atoms with Gasteiger partial charge in [0.2, 0.25) is 0 Å². The lowest BCUT2D eigenvalue weighted by Gasteiger charge is -2.30. The van der Waals surface area contributed by atoms with Crippen LogP contribution in [0.25, 0.3) is 11.0 Å². The summed E-state index contributed by atoms with van der Waals surface area (Å²) in [6.07, 6.45) is 4.84. The first kappa shape index (κ1) is 20.6. The Hall–Kier alpha value is -2.66. The average Bonchev–Trinajstić information content (AvgIpc) is 3.10. The van der Waals surface area contributed by atoms with Gasteiger partial charge in [0.05, 0.1) is 17.6 Å². The standard InChI is InChI=1S/C25H32N4O/c1-3-4-14-29-23-11-10-21(26-25(30)20-8-6-5-7-9-20)17-22(23)27-24(29)18-28-15-12-19(2)13-16-28/h5-11,17,19H,3-4,12-16,18H2,1-2H3,(H,26,30). The van der Waals surface area contributed by atoms with Crippen LogP contribution in [0.3, 0.4) is 0 Å². The van der Waals surface area contributed by atoms with E-state index in [4.69, 9.17) is 4.98 Å². The van der Waals surface area contributed by atoms with Crippen LogP contribution in [-0.2, 0) is 13.1 Å². The lowest BCUT2D eigenvalue weighted by Crippen LogP contribution is -2.33. The zero-order chi connectivity index (χ0) is 20.9. The van der Waals surface area contributed by atoms with Crippen molar-refractivity contribution < 1.29 is 4.79 Å².